The zero-order valence-electron chi connectivity index (χ0n) is 12.6. The molecule has 1 aromatic carbocycles. The second-order valence-electron chi connectivity index (χ2n) is 4.81. The molecule has 0 fully saturated rings. The number of benzene rings is 1. The quantitative estimate of drug-likeness (QED) is 0.805. The molecule has 2 rings (SSSR count). The summed E-state index contributed by atoms with van der Waals surface area (Å²) in [7, 11) is 3.95. The number of hydrogen-bond donors (Lipinski definition) is 1. The fourth-order valence-corrected chi connectivity index (χ4v) is 4.51. The molecule has 7 heteroatoms. The van der Waals surface area contributed by atoms with Gasteiger partial charge in [-0.05, 0) is 31.2 Å². The number of hydrogen-bond acceptors (Lipinski definition) is 6. The van der Waals surface area contributed by atoms with Crippen molar-refractivity contribution in [2.24, 2.45) is 0 Å². The first-order valence-corrected chi connectivity index (χ1v) is 9.15. The van der Waals surface area contributed by atoms with Crippen LogP contribution in [0.5, 0.6) is 0 Å². The second kappa shape index (κ2) is 7.58. The first-order chi connectivity index (χ1) is 10.0. The maximum Gasteiger partial charge on any atom is 0.208 e. The number of anilines is 1. The largest absolute Gasteiger partial charge is 0.353 e. The normalized spacial score (nSPS) is 12.4. The zero-order chi connectivity index (χ0) is 15.4. The molecule has 1 unspecified atom stereocenters. The van der Waals surface area contributed by atoms with E-state index in [2.05, 4.69) is 63.5 Å². The van der Waals surface area contributed by atoms with Crippen LogP contribution in [-0.4, -0.2) is 30.8 Å². The van der Waals surface area contributed by atoms with Gasteiger partial charge >= 0.3 is 0 Å². The van der Waals surface area contributed by atoms with Crippen molar-refractivity contribution in [2.45, 2.75) is 29.1 Å². The van der Waals surface area contributed by atoms with Crippen LogP contribution in [0.4, 0.5) is 5.13 Å². The predicted molar refractivity (Wildman–Crippen MR) is 94.6 cm³/mol. The molecular formula is C14H19BrN4S2. The molecule has 114 valence electrons. The van der Waals surface area contributed by atoms with Crippen molar-refractivity contribution < 1.29 is 0 Å². The predicted octanol–water partition coefficient (Wildman–Crippen LogP) is 4.19. The van der Waals surface area contributed by atoms with Crippen LogP contribution in [0.15, 0.2) is 31.9 Å². The summed E-state index contributed by atoms with van der Waals surface area (Å²) in [4.78, 5) is 3.13. The van der Waals surface area contributed by atoms with Crippen LogP contribution in [0.3, 0.4) is 0 Å². The van der Waals surface area contributed by atoms with Crippen LogP contribution in [-0.2, 0) is 0 Å². The van der Waals surface area contributed by atoms with E-state index in [1.165, 1.54) is 5.56 Å². The van der Waals surface area contributed by atoms with Gasteiger partial charge in [-0.1, -0.05) is 52.0 Å². The van der Waals surface area contributed by atoms with Crippen molar-refractivity contribution in [2.75, 3.05) is 25.5 Å². The van der Waals surface area contributed by atoms with Gasteiger partial charge in [-0.2, -0.15) is 0 Å². The Kier molecular flexibility index (Phi) is 6.04. The fourth-order valence-electron chi connectivity index (χ4n) is 1.86. The van der Waals surface area contributed by atoms with Gasteiger partial charge in [0, 0.05) is 29.5 Å². The summed E-state index contributed by atoms with van der Waals surface area (Å²) < 4.78 is 2.08. The lowest BCUT2D eigenvalue weighted by Gasteiger charge is -2.15. The number of aromatic nitrogens is 2. The van der Waals surface area contributed by atoms with E-state index >= 15 is 0 Å². The van der Waals surface area contributed by atoms with Gasteiger partial charge in [0.1, 0.15) is 0 Å². The highest BCUT2D eigenvalue weighted by Crippen LogP contribution is 2.35. The van der Waals surface area contributed by atoms with E-state index in [0.717, 1.165) is 25.4 Å². The van der Waals surface area contributed by atoms with Gasteiger partial charge in [-0.25, -0.2) is 0 Å². The summed E-state index contributed by atoms with van der Waals surface area (Å²) in [5.41, 5.74) is 1.27. The molecule has 1 aromatic heterocycles. The van der Waals surface area contributed by atoms with Crippen molar-refractivity contribution in [3.8, 4) is 0 Å². The lowest BCUT2D eigenvalue weighted by molar-refractivity contribution is 0.595. The summed E-state index contributed by atoms with van der Waals surface area (Å²) in [6.07, 6.45) is 0. The molecular weight excluding hydrogens is 368 g/mol. The van der Waals surface area contributed by atoms with Gasteiger partial charge in [-0.15, -0.1) is 10.2 Å². The molecule has 0 bridgehead atoms. The molecule has 4 nitrogen and oxygen atoms in total. The fraction of sp³-hybridized carbons (Fsp3) is 0.429. The van der Waals surface area contributed by atoms with Gasteiger partial charge in [0.25, 0.3) is 0 Å². The van der Waals surface area contributed by atoms with Crippen LogP contribution >= 0.6 is 39.0 Å². The topological polar surface area (TPSA) is 41.1 Å². The second-order valence-corrected chi connectivity index (χ2v) is 7.94. The van der Waals surface area contributed by atoms with Crippen LogP contribution in [0.1, 0.15) is 25.5 Å². The minimum atomic E-state index is 0.338. The monoisotopic (exact) mass is 386 g/mol. The lowest BCUT2D eigenvalue weighted by atomic mass is 10.1. The molecule has 0 aliphatic carbocycles. The van der Waals surface area contributed by atoms with Crippen LogP contribution in [0.2, 0.25) is 0 Å². The molecule has 0 spiro atoms. The number of nitrogens with one attached hydrogen (secondary N) is 1. The van der Waals surface area contributed by atoms with Gasteiger partial charge in [0.2, 0.25) is 5.13 Å². The Morgan fingerprint density at radius 1 is 1.38 bits per heavy atom. The van der Waals surface area contributed by atoms with E-state index in [1.807, 2.05) is 19.0 Å². The Labute approximate surface area is 142 Å². The van der Waals surface area contributed by atoms with E-state index in [0.29, 0.717) is 6.04 Å². The Bertz CT molecular complexity index is 600. The third kappa shape index (κ3) is 4.42. The maximum absolute atomic E-state index is 4.21. The summed E-state index contributed by atoms with van der Waals surface area (Å²) in [5.74, 6) is 0. The van der Waals surface area contributed by atoms with Crippen molar-refractivity contribution in [3.05, 3.63) is 28.2 Å². The molecule has 1 atom stereocenters. The van der Waals surface area contributed by atoms with Gasteiger partial charge in [0.15, 0.2) is 4.34 Å². The average Bonchev–Trinajstić information content (AvgIpc) is 2.87. The zero-order valence-corrected chi connectivity index (χ0v) is 15.8. The first kappa shape index (κ1) is 16.7. The SMILES string of the molecule is CCNC(C)c1ccc(Sc2nnc(N(C)C)s2)cc1Br. The Balaban J connectivity index is 2.12. The van der Waals surface area contributed by atoms with Crippen molar-refractivity contribution in [3.63, 3.8) is 0 Å². The van der Waals surface area contributed by atoms with Crippen molar-refractivity contribution >= 4 is 44.2 Å². The van der Waals surface area contributed by atoms with E-state index < -0.39 is 0 Å². The number of halogens is 1. The summed E-state index contributed by atoms with van der Waals surface area (Å²) in [6, 6.07) is 6.78. The van der Waals surface area contributed by atoms with E-state index in [9.17, 15) is 0 Å². The summed E-state index contributed by atoms with van der Waals surface area (Å²) >= 11 is 6.91. The van der Waals surface area contributed by atoms with Gasteiger partial charge < -0.3 is 10.2 Å². The van der Waals surface area contributed by atoms with E-state index in [1.54, 1.807) is 23.1 Å². The Hall–Kier alpha value is -0.630. The highest BCUT2D eigenvalue weighted by molar-refractivity contribution is 9.10. The molecule has 0 amide bonds. The minimum Gasteiger partial charge on any atom is -0.353 e. The van der Waals surface area contributed by atoms with Crippen molar-refractivity contribution in [1.82, 2.24) is 15.5 Å². The van der Waals surface area contributed by atoms with E-state index in [4.69, 9.17) is 0 Å². The van der Waals surface area contributed by atoms with E-state index in [-0.39, 0.29) is 0 Å². The van der Waals surface area contributed by atoms with Crippen LogP contribution in [0, 0.1) is 0 Å². The molecule has 0 saturated heterocycles. The third-order valence-corrected chi connectivity index (χ3v) is 5.75. The van der Waals surface area contributed by atoms with Crippen molar-refractivity contribution in [1.29, 1.82) is 0 Å². The Morgan fingerprint density at radius 3 is 2.71 bits per heavy atom. The third-order valence-electron chi connectivity index (χ3n) is 2.93. The summed E-state index contributed by atoms with van der Waals surface area (Å²) in [5, 5.41) is 12.7. The standard InChI is InChI=1S/C14H19BrN4S2/c1-5-16-9(2)11-7-6-10(8-12(11)15)20-14-18-17-13(21-14)19(3)4/h6-9,16H,5H2,1-4H3. The molecule has 0 aliphatic rings. The van der Waals surface area contributed by atoms with Gasteiger partial charge in [-0.3, -0.25) is 0 Å². The van der Waals surface area contributed by atoms with Crippen LogP contribution < -0.4 is 10.2 Å². The maximum atomic E-state index is 4.21. The average molecular weight is 387 g/mol. The highest BCUT2D eigenvalue weighted by Gasteiger charge is 2.11. The minimum absolute atomic E-state index is 0.338. The van der Waals surface area contributed by atoms with Crippen LogP contribution in [0.25, 0.3) is 0 Å². The Morgan fingerprint density at radius 2 is 2.14 bits per heavy atom. The molecule has 2 aromatic rings. The molecule has 1 heterocycles. The van der Waals surface area contributed by atoms with Gasteiger partial charge in [0.05, 0.1) is 0 Å². The molecule has 0 radical (unpaired) electrons. The first-order valence-electron chi connectivity index (χ1n) is 6.72. The number of nitrogens with zero attached hydrogens (tertiary/aromatic N) is 3. The smallest absolute Gasteiger partial charge is 0.208 e. The molecule has 21 heavy (non-hydrogen) atoms. The molecule has 0 aliphatic heterocycles. The molecule has 1 N–H and O–H groups in total. The summed E-state index contributed by atoms with van der Waals surface area (Å²) in [6.45, 7) is 5.25. The molecule has 0 saturated carbocycles. The number of rotatable bonds is 6. The highest BCUT2D eigenvalue weighted by atomic mass is 79.9. The lowest BCUT2D eigenvalue weighted by Crippen LogP contribution is -2.17.